The molecule has 4 rings (SSSR count). The topological polar surface area (TPSA) is 62.4 Å². The number of benzene rings is 1. The van der Waals surface area contributed by atoms with Gasteiger partial charge in [0.1, 0.15) is 6.04 Å². The summed E-state index contributed by atoms with van der Waals surface area (Å²) in [6, 6.07) is 9.19. The van der Waals surface area contributed by atoms with E-state index >= 15 is 0 Å². The van der Waals surface area contributed by atoms with Crippen LogP contribution in [0.4, 0.5) is 0 Å². The van der Waals surface area contributed by atoms with Crippen molar-refractivity contribution in [3.63, 3.8) is 0 Å². The fraction of sp³-hybridized carbons (Fsp3) is 0.250. The molecule has 1 N–H and O–H groups in total. The van der Waals surface area contributed by atoms with Crippen molar-refractivity contribution in [1.82, 2.24) is 9.88 Å². The number of nitrogens with zero attached hydrogens (tertiary/aromatic N) is 3. The van der Waals surface area contributed by atoms with Gasteiger partial charge in [0, 0.05) is 6.20 Å². The van der Waals surface area contributed by atoms with Crippen molar-refractivity contribution in [2.45, 2.75) is 12.3 Å². The van der Waals surface area contributed by atoms with Gasteiger partial charge in [0.05, 0.1) is 29.1 Å². The summed E-state index contributed by atoms with van der Waals surface area (Å²) in [7, 11) is 1.80. The van der Waals surface area contributed by atoms with Gasteiger partial charge in [-0.25, -0.2) is 14.5 Å². The summed E-state index contributed by atoms with van der Waals surface area (Å²) in [5, 5.41) is 24.6. The predicted molar refractivity (Wildman–Crippen MR) is 94.7 cm³/mol. The van der Waals surface area contributed by atoms with E-state index in [2.05, 4.69) is 4.98 Å². The lowest BCUT2D eigenvalue weighted by molar-refractivity contribution is -0.572. The quantitative estimate of drug-likeness (QED) is 0.808. The highest BCUT2D eigenvalue weighted by molar-refractivity contribution is 8.13. The monoisotopic (exact) mass is 379 g/mol. The minimum absolute atomic E-state index is 0.115. The normalized spacial score (nSPS) is 23.9. The lowest BCUT2D eigenvalue weighted by Gasteiger charge is -2.33. The van der Waals surface area contributed by atoms with Gasteiger partial charge in [-0.1, -0.05) is 41.9 Å². The van der Waals surface area contributed by atoms with Crippen molar-refractivity contribution < 1.29 is 14.8 Å². The second-order valence-electron chi connectivity index (χ2n) is 5.56. The van der Waals surface area contributed by atoms with Gasteiger partial charge in [-0.2, -0.15) is 0 Å². The summed E-state index contributed by atoms with van der Waals surface area (Å²) < 4.78 is 2.21. The molecule has 0 saturated carbocycles. The number of likely N-dealkylation sites (N-methyl/N-ethyl adjacent to an activating group) is 1. The lowest BCUT2D eigenvalue weighted by atomic mass is 10.0. The molecule has 2 unspecified atom stereocenters. The number of aliphatic hydroxyl groups excluding tert-OH is 1. The van der Waals surface area contributed by atoms with Gasteiger partial charge in [0.2, 0.25) is 6.23 Å². The smallest absolute Gasteiger partial charge is 0.315 e. The van der Waals surface area contributed by atoms with Crippen LogP contribution in [0, 0.1) is 0 Å². The average Bonchev–Trinajstić information content (AvgIpc) is 3.20. The Morgan fingerprint density at radius 3 is 2.79 bits per heavy atom. The molecule has 24 heavy (non-hydrogen) atoms. The van der Waals surface area contributed by atoms with Crippen molar-refractivity contribution in [2.75, 3.05) is 12.8 Å². The van der Waals surface area contributed by atoms with E-state index in [9.17, 15) is 10.2 Å². The maximum atomic E-state index is 13.2. The van der Waals surface area contributed by atoms with Gasteiger partial charge >= 0.3 is 5.17 Å². The molecule has 0 spiro atoms. The Balaban J connectivity index is 1.83. The Hall–Kier alpha value is -1.54. The van der Waals surface area contributed by atoms with E-state index in [1.807, 2.05) is 30.3 Å². The van der Waals surface area contributed by atoms with Crippen LogP contribution in [0.5, 0.6) is 0 Å². The van der Waals surface area contributed by atoms with E-state index in [0.717, 1.165) is 21.4 Å². The summed E-state index contributed by atoms with van der Waals surface area (Å²) in [5.74, 6) is 0.556. The van der Waals surface area contributed by atoms with E-state index in [-0.39, 0.29) is 11.9 Å². The summed E-state index contributed by atoms with van der Waals surface area (Å²) >= 11 is 8.91. The molecule has 2 atom stereocenters. The Morgan fingerprint density at radius 1 is 1.38 bits per heavy atom. The molecule has 0 amide bonds. The number of fused-ring (bicyclic) bond motifs is 1. The molecule has 0 bridgehead atoms. The number of hydrogen-bond donors (Lipinski definition) is 1. The van der Waals surface area contributed by atoms with E-state index < -0.39 is 6.23 Å². The third kappa shape index (κ3) is 2.43. The first-order chi connectivity index (χ1) is 11.6. The van der Waals surface area contributed by atoms with Crippen LogP contribution in [0.1, 0.15) is 16.5 Å². The highest BCUT2D eigenvalue weighted by atomic mass is 35.5. The minimum Gasteiger partial charge on any atom is -0.842 e. The molecule has 2 aliphatic rings. The van der Waals surface area contributed by atoms with Crippen LogP contribution in [0.3, 0.4) is 0 Å². The lowest BCUT2D eigenvalue weighted by Crippen LogP contribution is -2.46. The Kier molecular flexibility index (Phi) is 4.04. The molecule has 1 aromatic heterocycles. The number of thiazole rings is 1. The third-order valence-electron chi connectivity index (χ3n) is 4.17. The van der Waals surface area contributed by atoms with Crippen molar-refractivity contribution in [1.29, 1.82) is 0 Å². The summed E-state index contributed by atoms with van der Waals surface area (Å²) in [6.07, 6.45) is 0.768. The van der Waals surface area contributed by atoms with Gasteiger partial charge in [-0.15, -0.1) is 11.3 Å². The van der Waals surface area contributed by atoms with Crippen LogP contribution in [0.15, 0.2) is 42.4 Å². The fourth-order valence-electron chi connectivity index (χ4n) is 2.99. The molecule has 1 fully saturated rings. The van der Waals surface area contributed by atoms with E-state index in [1.54, 1.807) is 34.5 Å². The fourth-order valence-corrected chi connectivity index (χ4v) is 5.43. The number of aliphatic hydroxyl groups is 1. The molecule has 2 aromatic rings. The SMILES string of the molecule is C[N+]1=C2SCC(c3cnc(Cl)s3)N2C([O-])=C(c2ccccc2)C1O. The van der Waals surface area contributed by atoms with Crippen molar-refractivity contribution in [2.24, 2.45) is 0 Å². The first-order valence-electron chi connectivity index (χ1n) is 7.35. The summed E-state index contributed by atoms with van der Waals surface area (Å²) in [4.78, 5) is 6.80. The van der Waals surface area contributed by atoms with Gasteiger partial charge in [-0.3, -0.25) is 0 Å². The van der Waals surface area contributed by atoms with Crippen LogP contribution in [0.25, 0.3) is 5.57 Å². The third-order valence-corrected chi connectivity index (χ3v) is 6.61. The molecule has 3 heterocycles. The molecule has 2 aliphatic heterocycles. The van der Waals surface area contributed by atoms with Gasteiger partial charge in [0.25, 0.3) is 0 Å². The van der Waals surface area contributed by atoms with Crippen molar-refractivity contribution >= 4 is 45.4 Å². The molecule has 0 aliphatic carbocycles. The van der Waals surface area contributed by atoms with E-state index in [1.165, 1.54) is 11.3 Å². The number of aromatic nitrogens is 1. The van der Waals surface area contributed by atoms with E-state index in [4.69, 9.17) is 11.6 Å². The van der Waals surface area contributed by atoms with Crippen LogP contribution >= 0.6 is 34.7 Å². The number of hydrogen-bond acceptors (Lipinski definition) is 6. The average molecular weight is 380 g/mol. The maximum absolute atomic E-state index is 13.2. The van der Waals surface area contributed by atoms with Crippen molar-refractivity contribution in [3.05, 3.63) is 57.3 Å². The second kappa shape index (κ2) is 6.07. The number of rotatable bonds is 2. The Morgan fingerprint density at radius 2 is 2.12 bits per heavy atom. The van der Waals surface area contributed by atoms with Crippen LogP contribution < -0.4 is 5.11 Å². The first kappa shape index (κ1) is 16.0. The van der Waals surface area contributed by atoms with E-state index in [0.29, 0.717) is 10.0 Å². The Bertz CT molecular complexity index is 850. The minimum atomic E-state index is -0.956. The zero-order valence-electron chi connectivity index (χ0n) is 12.7. The van der Waals surface area contributed by atoms with Gasteiger partial charge < -0.3 is 10.2 Å². The van der Waals surface area contributed by atoms with Crippen LogP contribution in [-0.4, -0.2) is 43.8 Å². The molecule has 8 heteroatoms. The first-order valence-corrected chi connectivity index (χ1v) is 9.53. The molecule has 1 aromatic carbocycles. The summed E-state index contributed by atoms with van der Waals surface area (Å²) in [5.41, 5.74) is 1.13. The molecular formula is C16H14ClN3O2S2. The summed E-state index contributed by atoms with van der Waals surface area (Å²) in [6.45, 7) is 0. The largest absolute Gasteiger partial charge is 0.842 e. The molecule has 0 radical (unpaired) electrons. The van der Waals surface area contributed by atoms with Crippen molar-refractivity contribution in [3.8, 4) is 0 Å². The second-order valence-corrected chi connectivity index (χ2v) is 8.20. The van der Waals surface area contributed by atoms with Crippen LogP contribution in [0.2, 0.25) is 4.47 Å². The zero-order chi connectivity index (χ0) is 16.8. The molecule has 5 nitrogen and oxygen atoms in total. The zero-order valence-corrected chi connectivity index (χ0v) is 15.1. The number of amidine groups is 1. The van der Waals surface area contributed by atoms with Crippen LogP contribution in [-0.2, 0) is 0 Å². The predicted octanol–water partition coefficient (Wildman–Crippen LogP) is 1.95. The molecule has 124 valence electrons. The number of halogens is 1. The van der Waals surface area contributed by atoms with Gasteiger partial charge in [-0.05, 0) is 17.3 Å². The van der Waals surface area contributed by atoms with Gasteiger partial charge in [0.15, 0.2) is 4.47 Å². The Labute approximate surface area is 152 Å². The number of thioether (sulfide) groups is 1. The molecular weight excluding hydrogens is 366 g/mol. The maximum Gasteiger partial charge on any atom is 0.315 e. The standard InChI is InChI=1S/C16H14ClN3O2S2/c1-19-13(21)12(9-5-3-2-4-6-9)14(22)20-10(8-23-16(19)20)11-7-18-15(17)24-11/h2-7,10,13,21H,8H2,1H3. The molecule has 1 saturated heterocycles. The highest BCUT2D eigenvalue weighted by Crippen LogP contribution is 2.43. The highest BCUT2D eigenvalue weighted by Gasteiger charge is 2.46.